The van der Waals surface area contributed by atoms with Crippen LogP contribution < -0.4 is 25.0 Å². The average molecular weight is 383 g/mol. The number of amides is 4. The van der Waals surface area contributed by atoms with Crippen molar-refractivity contribution in [3.63, 3.8) is 0 Å². The second-order valence-corrected chi connectivity index (χ2v) is 6.44. The molecule has 0 aliphatic carbocycles. The normalized spacial score (nSPS) is 20.1. The molecule has 0 aromatic heterocycles. The van der Waals surface area contributed by atoms with E-state index in [2.05, 4.69) is 10.7 Å². The topological polar surface area (TPSA) is 106 Å². The third-order valence-electron chi connectivity index (χ3n) is 4.69. The molecule has 2 N–H and O–H groups in total. The summed E-state index contributed by atoms with van der Waals surface area (Å²) in [7, 11) is 1.51. The smallest absolute Gasteiger partial charge is 0.344 e. The lowest BCUT2D eigenvalue weighted by atomic mass is 9.92. The average Bonchev–Trinajstić information content (AvgIpc) is 3.26. The first-order chi connectivity index (χ1) is 13.4. The van der Waals surface area contributed by atoms with Crippen molar-refractivity contribution in [3.8, 4) is 17.2 Å². The highest BCUT2D eigenvalue weighted by atomic mass is 16.7. The molecule has 4 amide bonds. The summed E-state index contributed by atoms with van der Waals surface area (Å²) in [6.45, 7) is 1.64. The van der Waals surface area contributed by atoms with Crippen LogP contribution in [0.4, 0.5) is 4.79 Å². The molecule has 0 radical (unpaired) electrons. The number of imide groups is 1. The summed E-state index contributed by atoms with van der Waals surface area (Å²) >= 11 is 0. The fraction of sp³-hybridized carbons (Fsp3) is 0.211. The quantitative estimate of drug-likeness (QED) is 0.776. The van der Waals surface area contributed by atoms with Gasteiger partial charge in [0.15, 0.2) is 11.5 Å². The summed E-state index contributed by atoms with van der Waals surface area (Å²) < 4.78 is 15.6. The highest BCUT2D eigenvalue weighted by molar-refractivity contribution is 6.09. The Labute approximate surface area is 160 Å². The van der Waals surface area contributed by atoms with Crippen LogP contribution in [0.15, 0.2) is 42.5 Å². The molecule has 2 aromatic carbocycles. The molecule has 2 aromatic rings. The van der Waals surface area contributed by atoms with Gasteiger partial charge in [0.05, 0.1) is 7.11 Å². The number of carbonyl (C=O) groups is 3. The monoisotopic (exact) mass is 383 g/mol. The molecule has 0 saturated carbocycles. The van der Waals surface area contributed by atoms with Gasteiger partial charge in [0.1, 0.15) is 11.3 Å². The van der Waals surface area contributed by atoms with Crippen LogP contribution in [-0.2, 0) is 10.3 Å². The summed E-state index contributed by atoms with van der Waals surface area (Å²) in [5.41, 5.74) is 1.76. The molecular weight excluding hydrogens is 366 g/mol. The first-order valence-electron chi connectivity index (χ1n) is 8.44. The Balaban J connectivity index is 1.56. The molecule has 0 unspecified atom stereocenters. The van der Waals surface area contributed by atoms with Crippen molar-refractivity contribution >= 4 is 17.8 Å². The fourth-order valence-corrected chi connectivity index (χ4v) is 3.07. The van der Waals surface area contributed by atoms with Crippen LogP contribution in [-0.4, -0.2) is 36.8 Å². The number of hydrogen-bond acceptors (Lipinski definition) is 6. The number of hydrogen-bond donors (Lipinski definition) is 2. The van der Waals surface area contributed by atoms with Crippen LogP contribution in [0.25, 0.3) is 0 Å². The number of fused-ring (bicyclic) bond motifs is 1. The van der Waals surface area contributed by atoms with Crippen molar-refractivity contribution in [3.05, 3.63) is 53.6 Å². The molecule has 144 valence electrons. The largest absolute Gasteiger partial charge is 0.497 e. The van der Waals surface area contributed by atoms with Crippen LogP contribution >= 0.6 is 0 Å². The van der Waals surface area contributed by atoms with Crippen LogP contribution in [0.1, 0.15) is 22.8 Å². The first kappa shape index (κ1) is 17.7. The summed E-state index contributed by atoms with van der Waals surface area (Å²) in [6.07, 6.45) is 0. The van der Waals surface area contributed by atoms with E-state index in [9.17, 15) is 14.4 Å². The molecule has 2 aliphatic heterocycles. The van der Waals surface area contributed by atoms with Gasteiger partial charge in [-0.3, -0.25) is 15.0 Å². The van der Waals surface area contributed by atoms with Gasteiger partial charge in [-0.1, -0.05) is 12.1 Å². The van der Waals surface area contributed by atoms with Crippen molar-refractivity contribution in [2.75, 3.05) is 13.9 Å². The lowest BCUT2D eigenvalue weighted by molar-refractivity contribution is -0.132. The van der Waals surface area contributed by atoms with Crippen LogP contribution in [0, 0.1) is 0 Å². The van der Waals surface area contributed by atoms with E-state index in [4.69, 9.17) is 14.2 Å². The van der Waals surface area contributed by atoms with E-state index in [0.29, 0.717) is 27.8 Å². The molecule has 1 saturated heterocycles. The Bertz CT molecular complexity index is 991. The van der Waals surface area contributed by atoms with Gasteiger partial charge in [0, 0.05) is 5.56 Å². The number of rotatable bonds is 4. The van der Waals surface area contributed by atoms with Crippen LogP contribution in [0.5, 0.6) is 17.2 Å². The number of benzene rings is 2. The molecule has 0 spiro atoms. The standard InChI is InChI=1S/C19H17N3O6/c1-19(12-4-3-5-13(9-12)26-2)17(24)22(18(25)20-19)21-16(23)11-6-7-14-15(8-11)28-10-27-14/h3-9H,10H2,1-2H3,(H,20,25)(H,21,23)/t19-/m1/s1. The fourth-order valence-electron chi connectivity index (χ4n) is 3.07. The van der Waals surface area contributed by atoms with Gasteiger partial charge >= 0.3 is 6.03 Å². The molecule has 0 bridgehead atoms. The van der Waals surface area contributed by atoms with E-state index in [-0.39, 0.29) is 12.4 Å². The molecule has 1 fully saturated rings. The zero-order valence-electron chi connectivity index (χ0n) is 15.1. The van der Waals surface area contributed by atoms with Crippen molar-refractivity contribution in [2.45, 2.75) is 12.5 Å². The number of ether oxygens (including phenoxy) is 3. The number of hydrazine groups is 1. The lowest BCUT2D eigenvalue weighted by Gasteiger charge is -2.22. The van der Waals surface area contributed by atoms with Crippen molar-refractivity contribution < 1.29 is 28.6 Å². The Morgan fingerprint density at radius 1 is 1.18 bits per heavy atom. The van der Waals surface area contributed by atoms with E-state index in [0.717, 1.165) is 0 Å². The highest BCUT2D eigenvalue weighted by Crippen LogP contribution is 2.33. The maximum atomic E-state index is 12.9. The molecule has 1 atom stereocenters. The SMILES string of the molecule is COc1cccc([C@@]2(C)NC(=O)N(NC(=O)c3ccc4c(c3)OCO4)C2=O)c1. The summed E-state index contributed by atoms with van der Waals surface area (Å²) in [5.74, 6) is 0.253. The van der Waals surface area contributed by atoms with Crippen LogP contribution in [0.2, 0.25) is 0 Å². The van der Waals surface area contributed by atoms with Gasteiger partial charge in [-0.25, -0.2) is 4.79 Å². The summed E-state index contributed by atoms with van der Waals surface area (Å²) in [4.78, 5) is 37.9. The molecule has 9 heteroatoms. The molecule has 28 heavy (non-hydrogen) atoms. The van der Waals surface area contributed by atoms with Gasteiger partial charge in [0.25, 0.3) is 11.8 Å². The Morgan fingerprint density at radius 3 is 2.75 bits per heavy atom. The summed E-state index contributed by atoms with van der Waals surface area (Å²) in [5, 5.41) is 3.29. The first-order valence-corrected chi connectivity index (χ1v) is 8.44. The highest BCUT2D eigenvalue weighted by Gasteiger charge is 2.50. The maximum absolute atomic E-state index is 12.9. The second-order valence-electron chi connectivity index (χ2n) is 6.44. The molecule has 2 aliphatic rings. The third kappa shape index (κ3) is 2.77. The molecule has 2 heterocycles. The number of methoxy groups -OCH3 is 1. The number of nitrogens with one attached hydrogen (secondary N) is 2. The number of nitrogens with zero attached hydrogens (tertiary/aromatic N) is 1. The van der Waals surface area contributed by atoms with Crippen molar-refractivity contribution in [1.82, 2.24) is 15.8 Å². The van der Waals surface area contributed by atoms with E-state index in [1.807, 2.05) is 0 Å². The third-order valence-corrected chi connectivity index (χ3v) is 4.69. The van der Waals surface area contributed by atoms with E-state index >= 15 is 0 Å². The molecule has 4 rings (SSSR count). The van der Waals surface area contributed by atoms with Gasteiger partial charge in [-0.15, -0.1) is 0 Å². The number of carbonyl (C=O) groups excluding carboxylic acids is 3. The predicted molar refractivity (Wildman–Crippen MR) is 95.8 cm³/mol. The van der Waals surface area contributed by atoms with Gasteiger partial charge in [0.2, 0.25) is 6.79 Å². The molecular formula is C19H17N3O6. The van der Waals surface area contributed by atoms with Gasteiger partial charge < -0.3 is 19.5 Å². The van der Waals surface area contributed by atoms with Gasteiger partial charge in [-0.05, 0) is 42.8 Å². The Morgan fingerprint density at radius 2 is 1.96 bits per heavy atom. The van der Waals surface area contributed by atoms with Gasteiger partial charge in [-0.2, -0.15) is 5.01 Å². The van der Waals surface area contributed by atoms with Crippen molar-refractivity contribution in [2.24, 2.45) is 0 Å². The Hall–Kier alpha value is -3.75. The van der Waals surface area contributed by atoms with E-state index in [1.165, 1.54) is 19.2 Å². The van der Waals surface area contributed by atoms with E-state index < -0.39 is 23.4 Å². The lowest BCUT2D eigenvalue weighted by Crippen LogP contribution is -2.47. The second kappa shape index (κ2) is 6.45. The van der Waals surface area contributed by atoms with Crippen LogP contribution in [0.3, 0.4) is 0 Å². The zero-order chi connectivity index (χ0) is 19.9. The zero-order valence-corrected chi connectivity index (χ0v) is 15.1. The van der Waals surface area contributed by atoms with E-state index in [1.54, 1.807) is 37.3 Å². The minimum atomic E-state index is -1.34. The molecule has 9 nitrogen and oxygen atoms in total. The Kier molecular flexibility index (Phi) is 4.07. The minimum absolute atomic E-state index is 0.0757. The summed E-state index contributed by atoms with van der Waals surface area (Å²) in [6, 6.07) is 10.7. The number of urea groups is 1. The maximum Gasteiger partial charge on any atom is 0.344 e. The predicted octanol–water partition coefficient (Wildman–Crippen LogP) is 1.54. The van der Waals surface area contributed by atoms with Crippen molar-refractivity contribution in [1.29, 1.82) is 0 Å². The minimum Gasteiger partial charge on any atom is -0.497 e.